The van der Waals surface area contributed by atoms with Gasteiger partial charge >= 0.3 is 11.4 Å². The van der Waals surface area contributed by atoms with Gasteiger partial charge in [0.2, 0.25) is 5.91 Å². The largest absolute Gasteiger partial charge is 0.422 e. The Hall–Kier alpha value is -2.08. The van der Waals surface area contributed by atoms with E-state index in [9.17, 15) is 14.4 Å². The summed E-state index contributed by atoms with van der Waals surface area (Å²) in [7, 11) is 0. The maximum atomic E-state index is 11.5. The molecule has 0 aliphatic heterocycles. The van der Waals surface area contributed by atoms with E-state index >= 15 is 0 Å². The Morgan fingerprint density at radius 3 is 2.76 bits per heavy atom. The van der Waals surface area contributed by atoms with Crippen LogP contribution in [0.2, 0.25) is 5.02 Å². The number of hydrogen-bond donors (Lipinski definition) is 1. The highest BCUT2D eigenvalue weighted by atomic mass is 35.5. The van der Waals surface area contributed by atoms with E-state index in [1.54, 1.807) is 6.07 Å². The molecule has 0 saturated carbocycles. The van der Waals surface area contributed by atoms with Crippen molar-refractivity contribution in [2.24, 2.45) is 5.73 Å². The van der Waals surface area contributed by atoms with E-state index in [4.69, 9.17) is 17.3 Å². The van der Waals surface area contributed by atoms with E-state index in [0.717, 1.165) is 4.57 Å². The first-order valence-corrected chi connectivity index (χ1v) is 4.99. The Bertz CT molecular complexity index is 716. The van der Waals surface area contributed by atoms with Crippen LogP contribution in [0.15, 0.2) is 32.2 Å². The number of amides is 1. The van der Waals surface area contributed by atoms with Crippen LogP contribution in [0.4, 0.5) is 0 Å². The average molecular weight is 255 g/mol. The van der Waals surface area contributed by atoms with Crippen molar-refractivity contribution in [3.63, 3.8) is 0 Å². The van der Waals surface area contributed by atoms with Crippen LogP contribution >= 0.6 is 11.6 Å². The molecule has 1 amide bonds. The number of carbonyl (C=O) groups is 1. The van der Waals surface area contributed by atoms with E-state index in [1.165, 1.54) is 12.1 Å². The molecule has 0 spiro atoms. The third kappa shape index (κ3) is 1.94. The summed E-state index contributed by atoms with van der Waals surface area (Å²) < 4.78 is 5.39. The summed E-state index contributed by atoms with van der Waals surface area (Å²) in [6.07, 6.45) is 0. The average Bonchev–Trinajstić information content (AvgIpc) is 2.24. The molecule has 6 nitrogen and oxygen atoms in total. The van der Waals surface area contributed by atoms with Gasteiger partial charge in [0.15, 0.2) is 0 Å². The molecule has 2 aromatic rings. The monoisotopic (exact) mass is 254 g/mol. The van der Waals surface area contributed by atoms with Crippen molar-refractivity contribution < 1.29 is 9.21 Å². The third-order valence-corrected chi connectivity index (χ3v) is 2.50. The number of carbonyl (C=O) groups excluding carboxylic acids is 1. The van der Waals surface area contributed by atoms with Gasteiger partial charge in [-0.3, -0.25) is 9.36 Å². The van der Waals surface area contributed by atoms with Crippen molar-refractivity contribution in [3.05, 3.63) is 44.2 Å². The van der Waals surface area contributed by atoms with Gasteiger partial charge in [0.25, 0.3) is 0 Å². The molecule has 0 bridgehead atoms. The first kappa shape index (κ1) is 11.4. The molecule has 0 unspecified atom stereocenters. The lowest BCUT2D eigenvalue weighted by Gasteiger charge is -2.07. The number of fused-ring (bicyclic) bond motifs is 1. The number of rotatable bonds is 2. The van der Waals surface area contributed by atoms with Gasteiger partial charge in [0, 0.05) is 0 Å². The van der Waals surface area contributed by atoms with Crippen LogP contribution < -0.4 is 17.1 Å². The number of aromatic nitrogens is 1. The molecule has 17 heavy (non-hydrogen) atoms. The molecule has 7 heteroatoms. The second kappa shape index (κ2) is 4.06. The van der Waals surface area contributed by atoms with Crippen LogP contribution in [0.3, 0.4) is 0 Å². The van der Waals surface area contributed by atoms with Crippen molar-refractivity contribution in [2.75, 3.05) is 0 Å². The van der Waals surface area contributed by atoms with Crippen LogP contribution in [0, 0.1) is 0 Å². The first-order valence-electron chi connectivity index (χ1n) is 4.61. The molecular weight excluding hydrogens is 248 g/mol. The van der Waals surface area contributed by atoms with Crippen LogP contribution in [-0.4, -0.2) is 10.5 Å². The molecule has 0 saturated heterocycles. The van der Waals surface area contributed by atoms with Crippen molar-refractivity contribution in [1.29, 1.82) is 0 Å². The van der Waals surface area contributed by atoms with Crippen molar-refractivity contribution >= 4 is 28.4 Å². The second-order valence-electron chi connectivity index (χ2n) is 3.34. The Kier molecular flexibility index (Phi) is 2.72. The minimum absolute atomic E-state index is 0.123. The smallest absolute Gasteiger partial charge is 0.372 e. The van der Waals surface area contributed by atoms with Gasteiger partial charge in [0.1, 0.15) is 6.54 Å². The summed E-state index contributed by atoms with van der Waals surface area (Å²) >= 11 is 5.90. The normalized spacial score (nSPS) is 10.6. The standard InChI is InChI=1S/C10H7ClN2O4/c11-6-3-1-2-5-8(6)13(4-7(12)14)10(16)17-9(5)15/h1-3H,4H2,(H2,12,14). The Labute approximate surface area is 99.2 Å². The highest BCUT2D eigenvalue weighted by Gasteiger charge is 2.13. The molecule has 0 aliphatic carbocycles. The van der Waals surface area contributed by atoms with E-state index in [0.29, 0.717) is 0 Å². The maximum Gasteiger partial charge on any atom is 0.422 e. The quantitative estimate of drug-likeness (QED) is 0.822. The minimum atomic E-state index is -0.964. The molecular formula is C10H7ClN2O4. The molecule has 2 N–H and O–H groups in total. The number of nitrogens with zero attached hydrogens (tertiary/aromatic N) is 1. The lowest BCUT2D eigenvalue weighted by Crippen LogP contribution is -2.30. The van der Waals surface area contributed by atoms with Gasteiger partial charge in [-0.25, -0.2) is 9.59 Å². The zero-order valence-corrected chi connectivity index (χ0v) is 9.23. The number of para-hydroxylation sites is 1. The summed E-state index contributed by atoms with van der Waals surface area (Å²) in [5.74, 6) is -1.70. The van der Waals surface area contributed by atoms with Crippen LogP contribution in [0.5, 0.6) is 0 Å². The van der Waals surface area contributed by atoms with Crippen LogP contribution in [-0.2, 0) is 11.3 Å². The van der Waals surface area contributed by atoms with Crippen molar-refractivity contribution in [1.82, 2.24) is 4.57 Å². The molecule has 1 aromatic heterocycles. The summed E-state index contributed by atoms with van der Waals surface area (Å²) in [6, 6.07) is 4.49. The zero-order chi connectivity index (χ0) is 12.6. The Morgan fingerprint density at radius 2 is 2.12 bits per heavy atom. The van der Waals surface area contributed by atoms with Gasteiger partial charge in [-0.15, -0.1) is 0 Å². The fourth-order valence-electron chi connectivity index (χ4n) is 1.53. The Balaban J connectivity index is 2.96. The Morgan fingerprint density at radius 1 is 1.41 bits per heavy atom. The molecule has 2 rings (SSSR count). The zero-order valence-electron chi connectivity index (χ0n) is 8.47. The van der Waals surface area contributed by atoms with Crippen LogP contribution in [0.1, 0.15) is 0 Å². The number of halogens is 1. The second-order valence-corrected chi connectivity index (χ2v) is 3.75. The highest BCUT2D eigenvalue weighted by Crippen LogP contribution is 2.19. The lowest BCUT2D eigenvalue weighted by molar-refractivity contribution is -0.118. The van der Waals surface area contributed by atoms with Gasteiger partial charge in [-0.05, 0) is 12.1 Å². The van der Waals surface area contributed by atoms with Crippen LogP contribution in [0.25, 0.3) is 10.9 Å². The molecule has 88 valence electrons. The summed E-state index contributed by atoms with van der Waals surface area (Å²) in [6.45, 7) is -0.400. The number of nitrogens with two attached hydrogens (primary N) is 1. The van der Waals surface area contributed by atoms with Gasteiger partial charge in [-0.2, -0.15) is 0 Å². The predicted octanol–water partition coefficient (Wildman–Crippen LogP) is 0.0934. The SMILES string of the molecule is NC(=O)Cn1c(=O)oc(=O)c2cccc(Cl)c21. The van der Waals surface area contributed by atoms with Gasteiger partial charge in [0.05, 0.1) is 15.9 Å². The fraction of sp³-hybridized carbons (Fsp3) is 0.100. The molecule has 1 aromatic carbocycles. The number of hydrogen-bond acceptors (Lipinski definition) is 4. The predicted molar refractivity (Wildman–Crippen MR) is 60.9 cm³/mol. The van der Waals surface area contributed by atoms with Crippen molar-refractivity contribution in [2.45, 2.75) is 6.54 Å². The van der Waals surface area contributed by atoms with Crippen molar-refractivity contribution in [3.8, 4) is 0 Å². The van der Waals surface area contributed by atoms with E-state index in [1.807, 2.05) is 0 Å². The molecule has 0 aliphatic rings. The highest BCUT2D eigenvalue weighted by molar-refractivity contribution is 6.35. The maximum absolute atomic E-state index is 11.5. The van der Waals surface area contributed by atoms with E-state index in [-0.39, 0.29) is 15.9 Å². The summed E-state index contributed by atoms with van der Waals surface area (Å²) in [5.41, 5.74) is 4.36. The number of primary amides is 1. The number of benzene rings is 1. The van der Waals surface area contributed by atoms with E-state index in [2.05, 4.69) is 4.42 Å². The topological polar surface area (TPSA) is 95.3 Å². The fourth-order valence-corrected chi connectivity index (χ4v) is 1.81. The molecule has 0 radical (unpaired) electrons. The summed E-state index contributed by atoms with van der Waals surface area (Å²) in [4.78, 5) is 33.8. The third-order valence-electron chi connectivity index (χ3n) is 2.19. The first-order chi connectivity index (χ1) is 8.00. The minimum Gasteiger partial charge on any atom is -0.372 e. The lowest BCUT2D eigenvalue weighted by atomic mass is 10.2. The molecule has 1 heterocycles. The molecule has 0 atom stereocenters. The van der Waals surface area contributed by atoms with Gasteiger partial charge in [-0.1, -0.05) is 17.7 Å². The summed E-state index contributed by atoms with van der Waals surface area (Å²) in [5, 5.41) is 0.298. The molecule has 0 fully saturated rings. The van der Waals surface area contributed by atoms with Gasteiger partial charge < -0.3 is 10.2 Å². The van der Waals surface area contributed by atoms with E-state index < -0.39 is 23.8 Å².